The molecule has 9 nitrogen and oxygen atoms in total. The van der Waals surface area contributed by atoms with Gasteiger partial charge in [-0.1, -0.05) is 32.0 Å². The average molecular weight is 361 g/mol. The van der Waals surface area contributed by atoms with E-state index in [2.05, 4.69) is 20.7 Å². The molecule has 26 heavy (non-hydrogen) atoms. The van der Waals surface area contributed by atoms with Crippen molar-refractivity contribution in [3.63, 3.8) is 0 Å². The summed E-state index contributed by atoms with van der Waals surface area (Å²) in [6.45, 7) is 3.91. The highest BCUT2D eigenvalue weighted by molar-refractivity contribution is 5.84. The molecule has 0 saturated heterocycles. The number of hydrogen-bond acceptors (Lipinski definition) is 7. The van der Waals surface area contributed by atoms with Crippen molar-refractivity contribution in [3.05, 3.63) is 36.2 Å². The molecule has 1 aromatic heterocycles. The molecule has 1 N–H and O–H groups in total. The Morgan fingerprint density at radius 3 is 2.62 bits per heavy atom. The molecule has 1 atom stereocenters. The number of para-hydroxylation sites is 1. The Bertz CT molecular complexity index is 717. The van der Waals surface area contributed by atoms with Crippen LogP contribution in [0, 0.1) is 5.92 Å². The summed E-state index contributed by atoms with van der Waals surface area (Å²) >= 11 is 0. The molecule has 9 heteroatoms. The number of tetrazole rings is 1. The number of hydrogen-bond donors (Lipinski definition) is 1. The summed E-state index contributed by atoms with van der Waals surface area (Å²) in [6.07, 6.45) is 0.485. The number of methoxy groups -OCH3 is 1. The molecule has 2 aromatic rings. The lowest BCUT2D eigenvalue weighted by molar-refractivity contribution is -0.145. The van der Waals surface area contributed by atoms with E-state index in [1.54, 1.807) is 0 Å². The molecule has 0 fully saturated rings. The zero-order valence-electron chi connectivity index (χ0n) is 15.1. The maximum absolute atomic E-state index is 12.1. The van der Waals surface area contributed by atoms with Crippen LogP contribution in [0.1, 0.15) is 26.1 Å². The minimum Gasteiger partial charge on any atom is -0.485 e. The predicted octanol–water partition coefficient (Wildman–Crippen LogP) is 0.956. The van der Waals surface area contributed by atoms with Gasteiger partial charge in [0.15, 0.2) is 6.61 Å². The first kappa shape index (κ1) is 19.4. The van der Waals surface area contributed by atoms with E-state index < -0.39 is 17.9 Å². The second-order valence-electron chi connectivity index (χ2n) is 6.11. The third kappa shape index (κ3) is 6.15. The van der Waals surface area contributed by atoms with Crippen molar-refractivity contribution in [2.24, 2.45) is 5.92 Å². The third-order valence-corrected chi connectivity index (χ3v) is 3.42. The van der Waals surface area contributed by atoms with E-state index in [1.165, 1.54) is 7.11 Å². The smallest absolute Gasteiger partial charge is 0.328 e. The SMILES string of the molecule is COC(=O)C(CC(C)C)NC(=O)Cn1nnc(COc2ccccc2)n1. The molecule has 0 aliphatic rings. The van der Waals surface area contributed by atoms with Crippen molar-refractivity contribution < 1.29 is 19.1 Å². The quantitative estimate of drug-likeness (QED) is 0.663. The lowest BCUT2D eigenvalue weighted by Gasteiger charge is -2.17. The van der Waals surface area contributed by atoms with Gasteiger partial charge < -0.3 is 14.8 Å². The van der Waals surface area contributed by atoms with Gasteiger partial charge in [0.2, 0.25) is 11.7 Å². The van der Waals surface area contributed by atoms with Gasteiger partial charge in [0.25, 0.3) is 0 Å². The number of benzene rings is 1. The summed E-state index contributed by atoms with van der Waals surface area (Å²) in [4.78, 5) is 25.0. The van der Waals surface area contributed by atoms with Crippen molar-refractivity contribution in [2.45, 2.75) is 39.5 Å². The monoisotopic (exact) mass is 361 g/mol. The first-order valence-electron chi connectivity index (χ1n) is 8.29. The van der Waals surface area contributed by atoms with Gasteiger partial charge in [-0.3, -0.25) is 4.79 Å². The number of esters is 1. The molecule has 0 bridgehead atoms. The summed E-state index contributed by atoms with van der Waals surface area (Å²) in [5.74, 6) is 0.403. The van der Waals surface area contributed by atoms with Crippen LogP contribution >= 0.6 is 0 Å². The van der Waals surface area contributed by atoms with E-state index in [4.69, 9.17) is 9.47 Å². The van der Waals surface area contributed by atoms with Gasteiger partial charge in [0.05, 0.1) is 7.11 Å². The van der Waals surface area contributed by atoms with Gasteiger partial charge in [0, 0.05) is 0 Å². The molecule has 1 amide bonds. The van der Waals surface area contributed by atoms with Crippen molar-refractivity contribution in [2.75, 3.05) is 7.11 Å². The van der Waals surface area contributed by atoms with E-state index in [0.717, 1.165) is 4.80 Å². The second kappa shape index (κ2) is 9.50. The number of ether oxygens (including phenoxy) is 2. The minimum absolute atomic E-state index is 0.143. The molecular weight excluding hydrogens is 338 g/mol. The lowest BCUT2D eigenvalue weighted by atomic mass is 10.0. The maximum Gasteiger partial charge on any atom is 0.328 e. The number of nitrogens with one attached hydrogen (secondary N) is 1. The fourth-order valence-corrected chi connectivity index (χ4v) is 2.26. The molecule has 0 aliphatic heterocycles. The molecule has 1 heterocycles. The minimum atomic E-state index is -0.697. The highest BCUT2D eigenvalue weighted by Crippen LogP contribution is 2.09. The fraction of sp³-hybridized carbons (Fsp3) is 0.471. The average Bonchev–Trinajstić information content (AvgIpc) is 3.06. The molecule has 0 radical (unpaired) electrons. The van der Waals surface area contributed by atoms with Crippen molar-refractivity contribution in [1.29, 1.82) is 0 Å². The molecular formula is C17H23N5O4. The summed E-state index contributed by atoms with van der Waals surface area (Å²) in [6, 6.07) is 8.55. The van der Waals surface area contributed by atoms with Gasteiger partial charge in [-0.25, -0.2) is 4.79 Å². The predicted molar refractivity (Wildman–Crippen MR) is 92.0 cm³/mol. The highest BCUT2D eigenvalue weighted by Gasteiger charge is 2.23. The Labute approximate surface area is 151 Å². The van der Waals surface area contributed by atoms with Gasteiger partial charge in [-0.2, -0.15) is 4.80 Å². The summed E-state index contributed by atoms with van der Waals surface area (Å²) < 4.78 is 10.2. The van der Waals surface area contributed by atoms with Crippen LogP contribution < -0.4 is 10.1 Å². The van der Waals surface area contributed by atoms with Crippen LogP contribution in [0.3, 0.4) is 0 Å². The third-order valence-electron chi connectivity index (χ3n) is 3.42. The van der Waals surface area contributed by atoms with E-state index in [0.29, 0.717) is 18.0 Å². The molecule has 0 spiro atoms. The zero-order valence-corrected chi connectivity index (χ0v) is 15.1. The summed E-state index contributed by atoms with van der Waals surface area (Å²) in [5, 5.41) is 14.4. The van der Waals surface area contributed by atoms with Gasteiger partial charge in [-0.15, -0.1) is 10.2 Å². The van der Waals surface area contributed by atoms with Crippen molar-refractivity contribution in [3.8, 4) is 5.75 Å². The Balaban J connectivity index is 1.86. The number of rotatable bonds is 9. The lowest BCUT2D eigenvalue weighted by Crippen LogP contribution is -2.43. The maximum atomic E-state index is 12.1. The highest BCUT2D eigenvalue weighted by atomic mass is 16.5. The van der Waals surface area contributed by atoms with E-state index in [1.807, 2.05) is 44.2 Å². The Hall–Kier alpha value is -2.97. The molecule has 1 unspecified atom stereocenters. The molecule has 1 aromatic carbocycles. The number of amides is 1. The van der Waals surface area contributed by atoms with Crippen LogP contribution in [0.25, 0.3) is 0 Å². The number of carbonyl (C=O) groups is 2. The molecule has 0 saturated carbocycles. The van der Waals surface area contributed by atoms with E-state index >= 15 is 0 Å². The van der Waals surface area contributed by atoms with Crippen molar-refractivity contribution >= 4 is 11.9 Å². The van der Waals surface area contributed by atoms with Gasteiger partial charge in [-0.05, 0) is 29.7 Å². The first-order chi connectivity index (χ1) is 12.5. The molecule has 2 rings (SSSR count). The Morgan fingerprint density at radius 2 is 1.96 bits per heavy atom. The first-order valence-corrected chi connectivity index (χ1v) is 8.29. The molecule has 140 valence electrons. The zero-order chi connectivity index (χ0) is 18.9. The van der Waals surface area contributed by atoms with Crippen molar-refractivity contribution in [1.82, 2.24) is 25.5 Å². The van der Waals surface area contributed by atoms with Crippen LogP contribution in [-0.4, -0.2) is 45.2 Å². The summed E-state index contributed by atoms with van der Waals surface area (Å²) in [5.41, 5.74) is 0. The normalized spacial score (nSPS) is 11.8. The second-order valence-corrected chi connectivity index (χ2v) is 6.11. The van der Waals surface area contributed by atoms with Crippen LogP contribution in [0.5, 0.6) is 5.75 Å². The van der Waals surface area contributed by atoms with Gasteiger partial charge in [0.1, 0.15) is 18.3 Å². The Morgan fingerprint density at radius 1 is 1.23 bits per heavy atom. The fourth-order valence-electron chi connectivity index (χ4n) is 2.26. The molecule has 0 aliphatic carbocycles. The summed E-state index contributed by atoms with van der Waals surface area (Å²) in [7, 11) is 1.29. The number of aromatic nitrogens is 4. The van der Waals surface area contributed by atoms with E-state index in [-0.39, 0.29) is 19.1 Å². The van der Waals surface area contributed by atoms with Crippen LogP contribution in [0.2, 0.25) is 0 Å². The van der Waals surface area contributed by atoms with Crippen LogP contribution in [-0.2, 0) is 27.5 Å². The van der Waals surface area contributed by atoms with Crippen LogP contribution in [0.15, 0.2) is 30.3 Å². The van der Waals surface area contributed by atoms with Gasteiger partial charge >= 0.3 is 5.97 Å². The van der Waals surface area contributed by atoms with Crippen LogP contribution in [0.4, 0.5) is 0 Å². The standard InChI is InChI=1S/C17H23N5O4/c1-12(2)9-14(17(24)25-3)18-16(23)10-22-20-15(19-21-22)11-26-13-7-5-4-6-8-13/h4-8,12,14H,9-11H2,1-3H3,(H,18,23). The number of nitrogens with zero attached hydrogens (tertiary/aromatic N) is 4. The largest absolute Gasteiger partial charge is 0.485 e. The Kier molecular flexibility index (Phi) is 7.07. The topological polar surface area (TPSA) is 108 Å². The number of carbonyl (C=O) groups excluding carboxylic acids is 2. The van der Waals surface area contributed by atoms with E-state index in [9.17, 15) is 9.59 Å².